The Balaban J connectivity index is 1.70. The summed E-state index contributed by atoms with van der Waals surface area (Å²) in [5.41, 5.74) is 1.29. The van der Waals surface area contributed by atoms with Gasteiger partial charge in [-0.25, -0.2) is 19.0 Å². The Hall–Kier alpha value is -2.32. The van der Waals surface area contributed by atoms with Crippen LogP contribution in [0.25, 0.3) is 11.3 Å². The standard InChI is InChI=1S/C13H9ClFN5OS/c14-9-3-8(1-2-10(9)15)11-5-22-13(18-11)19-12(21)4-20-7-16-6-17-20/h1-3,5-7H,4H2,(H,18,19,21). The van der Waals surface area contributed by atoms with Gasteiger partial charge in [0.15, 0.2) is 5.13 Å². The Bertz CT molecular complexity index is 805. The van der Waals surface area contributed by atoms with Gasteiger partial charge in [0.25, 0.3) is 0 Å². The molecule has 3 aromatic rings. The molecule has 0 saturated heterocycles. The van der Waals surface area contributed by atoms with Crippen LogP contribution in [-0.2, 0) is 11.3 Å². The molecule has 2 heterocycles. The van der Waals surface area contributed by atoms with Crippen LogP contribution in [0.5, 0.6) is 0 Å². The van der Waals surface area contributed by atoms with Gasteiger partial charge < -0.3 is 5.32 Å². The highest BCUT2D eigenvalue weighted by molar-refractivity contribution is 7.14. The first-order chi connectivity index (χ1) is 10.6. The van der Waals surface area contributed by atoms with Crippen molar-refractivity contribution in [3.05, 3.63) is 47.1 Å². The van der Waals surface area contributed by atoms with Crippen molar-refractivity contribution in [2.24, 2.45) is 0 Å². The molecule has 0 fully saturated rings. The van der Waals surface area contributed by atoms with Crippen LogP contribution >= 0.6 is 22.9 Å². The molecule has 0 aliphatic heterocycles. The summed E-state index contributed by atoms with van der Waals surface area (Å²) in [4.78, 5) is 19.9. The molecule has 0 aliphatic rings. The van der Waals surface area contributed by atoms with Crippen LogP contribution in [0.2, 0.25) is 5.02 Å². The highest BCUT2D eigenvalue weighted by Gasteiger charge is 2.10. The SMILES string of the molecule is O=C(Cn1cncn1)Nc1nc(-c2ccc(F)c(Cl)c2)cs1. The van der Waals surface area contributed by atoms with Gasteiger partial charge in [0.1, 0.15) is 25.0 Å². The fraction of sp³-hybridized carbons (Fsp3) is 0.0769. The van der Waals surface area contributed by atoms with E-state index >= 15 is 0 Å². The average molecular weight is 338 g/mol. The zero-order valence-corrected chi connectivity index (χ0v) is 12.6. The largest absolute Gasteiger partial charge is 0.300 e. The molecule has 0 spiro atoms. The van der Waals surface area contributed by atoms with Gasteiger partial charge in [0.2, 0.25) is 5.91 Å². The zero-order chi connectivity index (χ0) is 15.5. The molecule has 0 bridgehead atoms. The first kappa shape index (κ1) is 14.6. The van der Waals surface area contributed by atoms with E-state index in [9.17, 15) is 9.18 Å². The average Bonchev–Trinajstić information content (AvgIpc) is 3.13. The van der Waals surface area contributed by atoms with Crippen molar-refractivity contribution in [2.45, 2.75) is 6.54 Å². The number of nitrogens with zero attached hydrogens (tertiary/aromatic N) is 4. The van der Waals surface area contributed by atoms with Gasteiger partial charge in [0, 0.05) is 10.9 Å². The highest BCUT2D eigenvalue weighted by Crippen LogP contribution is 2.28. The number of thiazole rings is 1. The van der Waals surface area contributed by atoms with Gasteiger partial charge in [-0.1, -0.05) is 11.6 Å². The van der Waals surface area contributed by atoms with Crippen LogP contribution in [0.1, 0.15) is 0 Å². The maximum absolute atomic E-state index is 13.2. The Labute approximate surface area is 133 Å². The number of rotatable bonds is 4. The number of hydrogen-bond acceptors (Lipinski definition) is 5. The molecule has 0 unspecified atom stereocenters. The number of benzene rings is 1. The fourth-order valence-electron chi connectivity index (χ4n) is 1.74. The number of carbonyl (C=O) groups is 1. The fourth-order valence-corrected chi connectivity index (χ4v) is 2.66. The van der Waals surface area contributed by atoms with Gasteiger partial charge in [0.05, 0.1) is 10.7 Å². The van der Waals surface area contributed by atoms with E-state index in [0.717, 1.165) is 0 Å². The van der Waals surface area contributed by atoms with Crippen LogP contribution in [0.4, 0.5) is 9.52 Å². The second-order valence-corrected chi connectivity index (χ2v) is 5.57. The number of halogens is 2. The van der Waals surface area contributed by atoms with Crippen LogP contribution in [-0.4, -0.2) is 25.7 Å². The van der Waals surface area contributed by atoms with Crippen LogP contribution < -0.4 is 5.32 Å². The van der Waals surface area contributed by atoms with E-state index < -0.39 is 5.82 Å². The van der Waals surface area contributed by atoms with Gasteiger partial charge in [-0.05, 0) is 18.2 Å². The predicted octanol–water partition coefficient (Wildman–Crippen LogP) is 2.83. The summed E-state index contributed by atoms with van der Waals surface area (Å²) >= 11 is 7.02. The molecule has 22 heavy (non-hydrogen) atoms. The van der Waals surface area contributed by atoms with Crippen molar-refractivity contribution < 1.29 is 9.18 Å². The van der Waals surface area contributed by atoms with E-state index in [-0.39, 0.29) is 17.5 Å². The molecule has 0 radical (unpaired) electrons. The third kappa shape index (κ3) is 3.29. The van der Waals surface area contributed by atoms with Crippen LogP contribution in [0.15, 0.2) is 36.2 Å². The Kier molecular flexibility index (Phi) is 4.12. The number of nitrogens with one attached hydrogen (secondary N) is 1. The van der Waals surface area contributed by atoms with Crippen molar-refractivity contribution in [2.75, 3.05) is 5.32 Å². The summed E-state index contributed by atoms with van der Waals surface area (Å²) in [6, 6.07) is 4.35. The predicted molar refractivity (Wildman–Crippen MR) is 81.2 cm³/mol. The summed E-state index contributed by atoms with van der Waals surface area (Å²) in [6.45, 7) is 0.0529. The number of amides is 1. The van der Waals surface area contributed by atoms with Gasteiger partial charge in [-0.15, -0.1) is 11.3 Å². The van der Waals surface area contributed by atoms with E-state index in [0.29, 0.717) is 16.4 Å². The molecule has 0 atom stereocenters. The molecular formula is C13H9ClFN5OS. The topological polar surface area (TPSA) is 72.7 Å². The first-order valence-corrected chi connectivity index (χ1v) is 7.41. The molecule has 112 valence electrons. The maximum atomic E-state index is 13.2. The molecule has 1 amide bonds. The Morgan fingerprint density at radius 1 is 1.45 bits per heavy atom. The molecule has 0 aliphatic carbocycles. The van der Waals surface area contributed by atoms with Crippen molar-refractivity contribution in [1.29, 1.82) is 0 Å². The van der Waals surface area contributed by atoms with E-state index in [1.54, 1.807) is 11.4 Å². The second-order valence-electron chi connectivity index (χ2n) is 4.31. The summed E-state index contributed by atoms with van der Waals surface area (Å²) < 4.78 is 14.6. The second kappa shape index (κ2) is 6.20. The Morgan fingerprint density at radius 2 is 2.32 bits per heavy atom. The summed E-state index contributed by atoms with van der Waals surface area (Å²) in [5, 5.41) is 8.75. The van der Waals surface area contributed by atoms with Crippen LogP contribution in [0.3, 0.4) is 0 Å². The number of anilines is 1. The van der Waals surface area contributed by atoms with E-state index in [2.05, 4.69) is 20.4 Å². The first-order valence-electron chi connectivity index (χ1n) is 6.15. The minimum absolute atomic E-state index is 0.0299. The highest BCUT2D eigenvalue weighted by atomic mass is 35.5. The number of carbonyl (C=O) groups excluding carboxylic acids is 1. The van der Waals surface area contributed by atoms with Gasteiger partial charge >= 0.3 is 0 Å². The third-order valence-electron chi connectivity index (χ3n) is 2.74. The molecule has 1 aromatic carbocycles. The molecule has 9 heteroatoms. The van der Waals surface area contributed by atoms with Crippen molar-refractivity contribution in [3.63, 3.8) is 0 Å². The Morgan fingerprint density at radius 3 is 3.05 bits per heavy atom. The lowest BCUT2D eigenvalue weighted by molar-refractivity contribution is -0.116. The van der Waals surface area contributed by atoms with Crippen LogP contribution in [0, 0.1) is 5.82 Å². The lowest BCUT2D eigenvalue weighted by Crippen LogP contribution is -2.18. The zero-order valence-electron chi connectivity index (χ0n) is 11.0. The summed E-state index contributed by atoms with van der Waals surface area (Å²) in [7, 11) is 0. The van der Waals surface area contributed by atoms with E-state index in [1.807, 2.05) is 0 Å². The summed E-state index contributed by atoms with van der Waals surface area (Å²) in [6.07, 6.45) is 2.81. The number of aromatic nitrogens is 4. The van der Waals surface area contributed by atoms with Crippen molar-refractivity contribution >= 4 is 34.0 Å². The molecule has 2 aromatic heterocycles. The quantitative estimate of drug-likeness (QED) is 0.794. The van der Waals surface area contributed by atoms with Gasteiger partial charge in [-0.2, -0.15) is 5.10 Å². The van der Waals surface area contributed by atoms with E-state index in [1.165, 1.54) is 40.8 Å². The van der Waals surface area contributed by atoms with Gasteiger partial charge in [-0.3, -0.25) is 4.79 Å². The summed E-state index contributed by atoms with van der Waals surface area (Å²) in [5.74, 6) is -0.745. The molecule has 1 N–H and O–H groups in total. The number of hydrogen-bond donors (Lipinski definition) is 1. The smallest absolute Gasteiger partial charge is 0.247 e. The lowest BCUT2D eigenvalue weighted by Gasteiger charge is -2.01. The monoisotopic (exact) mass is 337 g/mol. The molecular weight excluding hydrogens is 329 g/mol. The van der Waals surface area contributed by atoms with Crippen molar-refractivity contribution in [3.8, 4) is 11.3 Å². The van der Waals surface area contributed by atoms with E-state index in [4.69, 9.17) is 11.6 Å². The van der Waals surface area contributed by atoms with Crippen molar-refractivity contribution in [1.82, 2.24) is 19.7 Å². The lowest BCUT2D eigenvalue weighted by atomic mass is 10.2. The molecule has 6 nitrogen and oxygen atoms in total. The maximum Gasteiger partial charge on any atom is 0.247 e. The third-order valence-corrected chi connectivity index (χ3v) is 3.79. The molecule has 0 saturated carbocycles. The minimum atomic E-state index is -0.484. The normalized spacial score (nSPS) is 10.6. The minimum Gasteiger partial charge on any atom is -0.300 e. The molecule has 3 rings (SSSR count).